The summed E-state index contributed by atoms with van der Waals surface area (Å²) in [4.78, 5) is 30.1. The van der Waals surface area contributed by atoms with Gasteiger partial charge in [0, 0.05) is 33.7 Å². The third kappa shape index (κ3) is 3.95. The van der Waals surface area contributed by atoms with Crippen molar-refractivity contribution in [1.82, 2.24) is 10.2 Å². The average molecular weight is 457 g/mol. The van der Waals surface area contributed by atoms with Crippen LogP contribution in [0.3, 0.4) is 0 Å². The Kier molecular flexibility index (Phi) is 5.98. The first-order valence-corrected chi connectivity index (χ1v) is 12.1. The molecule has 0 bridgehead atoms. The van der Waals surface area contributed by atoms with Gasteiger partial charge in [-0.05, 0) is 49.1 Å². The van der Waals surface area contributed by atoms with Crippen molar-refractivity contribution in [3.63, 3.8) is 0 Å². The van der Waals surface area contributed by atoms with Crippen LogP contribution in [0.2, 0.25) is 0 Å². The van der Waals surface area contributed by atoms with E-state index >= 15 is 0 Å². The molecule has 33 heavy (non-hydrogen) atoms. The predicted octanol–water partition coefficient (Wildman–Crippen LogP) is 5.64. The highest BCUT2D eigenvalue weighted by atomic mass is 32.1. The highest BCUT2D eigenvalue weighted by Crippen LogP contribution is 2.44. The normalized spacial score (nSPS) is 20.5. The molecule has 1 atom stereocenters. The van der Waals surface area contributed by atoms with Gasteiger partial charge in [-0.25, -0.2) is 0 Å². The molecule has 1 aliphatic carbocycles. The van der Waals surface area contributed by atoms with Crippen molar-refractivity contribution in [2.75, 3.05) is 6.54 Å². The lowest BCUT2D eigenvalue weighted by Crippen LogP contribution is -2.58. The van der Waals surface area contributed by atoms with Crippen LogP contribution in [-0.2, 0) is 5.66 Å². The fourth-order valence-electron chi connectivity index (χ4n) is 5.32. The highest BCUT2D eigenvalue weighted by molar-refractivity contribution is 7.80. The van der Waals surface area contributed by atoms with Gasteiger partial charge in [0.05, 0.1) is 0 Å². The van der Waals surface area contributed by atoms with E-state index in [4.69, 9.17) is 0 Å². The van der Waals surface area contributed by atoms with Gasteiger partial charge in [0.2, 0.25) is 0 Å². The number of nitrogens with zero attached hydrogens (tertiary/aromatic N) is 1. The summed E-state index contributed by atoms with van der Waals surface area (Å²) >= 11 is 4.46. The molecule has 0 radical (unpaired) electrons. The average Bonchev–Trinajstić information content (AvgIpc) is 3.09. The fourth-order valence-corrected chi connectivity index (χ4v) is 5.47. The number of amides is 2. The minimum atomic E-state index is -1.07. The van der Waals surface area contributed by atoms with E-state index in [2.05, 4.69) is 17.9 Å². The maximum absolute atomic E-state index is 13.8. The summed E-state index contributed by atoms with van der Waals surface area (Å²) in [6, 6.07) is 24.6. The molecule has 1 aliphatic heterocycles. The number of thiol groups is 1. The van der Waals surface area contributed by atoms with E-state index < -0.39 is 5.66 Å². The van der Waals surface area contributed by atoms with Crippen molar-refractivity contribution in [3.05, 3.63) is 101 Å². The summed E-state index contributed by atoms with van der Waals surface area (Å²) in [6.45, 7) is 0.616. The summed E-state index contributed by atoms with van der Waals surface area (Å²) in [5.74, 6) is 0.192. The Labute approximate surface area is 200 Å². The van der Waals surface area contributed by atoms with Crippen LogP contribution in [0.15, 0.2) is 83.8 Å². The van der Waals surface area contributed by atoms with E-state index in [1.54, 1.807) is 12.1 Å². The first-order chi connectivity index (χ1) is 16.1. The zero-order valence-electron chi connectivity index (χ0n) is 18.5. The largest absolute Gasteiger partial charge is 0.321 e. The molecule has 1 heterocycles. The van der Waals surface area contributed by atoms with Gasteiger partial charge in [0.25, 0.3) is 11.8 Å². The van der Waals surface area contributed by atoms with Crippen molar-refractivity contribution >= 4 is 24.4 Å². The van der Waals surface area contributed by atoms with E-state index in [1.165, 1.54) is 19.3 Å². The molecule has 2 aliphatic rings. The minimum Gasteiger partial charge on any atom is -0.321 e. The van der Waals surface area contributed by atoms with Gasteiger partial charge >= 0.3 is 0 Å². The maximum Gasteiger partial charge on any atom is 0.256 e. The fraction of sp³-hybridized carbons (Fsp3) is 0.286. The smallest absolute Gasteiger partial charge is 0.256 e. The number of fused-ring (bicyclic) bond motifs is 1. The van der Waals surface area contributed by atoms with Gasteiger partial charge in [0.15, 0.2) is 5.66 Å². The number of carbonyl (C=O) groups is 2. The van der Waals surface area contributed by atoms with Gasteiger partial charge in [-0.2, -0.15) is 0 Å². The SMILES string of the molecule is O=C(NC1(c2ccc(S)cc2)c2ccccc2C(=O)N1CC1CCCCC1)c1ccccc1. The Hall–Kier alpha value is -3.05. The Bertz CT molecular complexity index is 1160. The van der Waals surface area contributed by atoms with Crippen LogP contribution < -0.4 is 5.32 Å². The number of hydrogen-bond acceptors (Lipinski definition) is 3. The minimum absolute atomic E-state index is 0.0283. The van der Waals surface area contributed by atoms with E-state index in [-0.39, 0.29) is 11.8 Å². The molecule has 5 rings (SSSR count). The molecule has 5 heteroatoms. The topological polar surface area (TPSA) is 49.4 Å². The molecule has 1 N–H and O–H groups in total. The van der Waals surface area contributed by atoms with Gasteiger partial charge in [-0.3, -0.25) is 9.59 Å². The van der Waals surface area contributed by atoms with E-state index in [0.29, 0.717) is 23.6 Å². The van der Waals surface area contributed by atoms with Crippen LogP contribution in [0.5, 0.6) is 0 Å². The first-order valence-electron chi connectivity index (χ1n) is 11.7. The van der Waals surface area contributed by atoms with Gasteiger partial charge in [0.1, 0.15) is 0 Å². The molecule has 4 nitrogen and oxygen atoms in total. The van der Waals surface area contributed by atoms with E-state index in [9.17, 15) is 9.59 Å². The molecule has 0 aromatic heterocycles. The van der Waals surface area contributed by atoms with Crippen LogP contribution in [0.4, 0.5) is 0 Å². The van der Waals surface area contributed by atoms with E-state index in [0.717, 1.165) is 28.9 Å². The van der Waals surface area contributed by atoms with Crippen molar-refractivity contribution < 1.29 is 9.59 Å². The summed E-state index contributed by atoms with van der Waals surface area (Å²) in [6.07, 6.45) is 5.86. The first kappa shape index (κ1) is 21.8. The van der Waals surface area contributed by atoms with Crippen LogP contribution in [-0.4, -0.2) is 23.3 Å². The summed E-state index contributed by atoms with van der Waals surface area (Å²) in [7, 11) is 0. The lowest BCUT2D eigenvalue weighted by molar-refractivity contribution is 0.0445. The molecule has 1 fully saturated rings. The quantitative estimate of drug-likeness (QED) is 0.488. The zero-order valence-corrected chi connectivity index (χ0v) is 19.4. The second-order valence-electron chi connectivity index (χ2n) is 9.04. The van der Waals surface area contributed by atoms with Crippen molar-refractivity contribution in [1.29, 1.82) is 0 Å². The second kappa shape index (κ2) is 9.06. The Morgan fingerprint density at radius 3 is 2.30 bits per heavy atom. The predicted molar refractivity (Wildman–Crippen MR) is 132 cm³/mol. The lowest BCUT2D eigenvalue weighted by atomic mass is 9.86. The van der Waals surface area contributed by atoms with Gasteiger partial charge in [-0.1, -0.05) is 67.8 Å². The van der Waals surface area contributed by atoms with Crippen LogP contribution in [0.25, 0.3) is 0 Å². The number of hydrogen-bond donors (Lipinski definition) is 2. The highest BCUT2D eigenvalue weighted by Gasteiger charge is 2.52. The van der Waals surface area contributed by atoms with Crippen LogP contribution >= 0.6 is 12.6 Å². The van der Waals surface area contributed by atoms with Crippen molar-refractivity contribution in [2.24, 2.45) is 5.92 Å². The molecule has 2 amide bonds. The molecule has 1 unspecified atom stereocenters. The standard InChI is InChI=1S/C28H28N2O2S/c31-26(21-11-5-2-6-12-21)29-28(22-15-17-23(33)18-16-22)25-14-8-7-13-24(25)27(32)30(28)19-20-9-3-1-4-10-20/h2,5-8,11-18,20,33H,1,3-4,9-10,19H2,(H,29,31). The van der Waals surface area contributed by atoms with Crippen LogP contribution in [0.1, 0.15) is 63.9 Å². The maximum atomic E-state index is 13.8. The van der Waals surface area contributed by atoms with E-state index in [1.807, 2.05) is 71.6 Å². The molecular formula is C28H28N2O2S. The summed E-state index contributed by atoms with van der Waals surface area (Å²) in [5.41, 5.74) is 1.83. The lowest BCUT2D eigenvalue weighted by Gasteiger charge is -2.42. The summed E-state index contributed by atoms with van der Waals surface area (Å²) < 4.78 is 0. The Balaban J connectivity index is 1.66. The second-order valence-corrected chi connectivity index (χ2v) is 9.56. The number of nitrogens with one attached hydrogen (secondary N) is 1. The number of benzene rings is 3. The number of rotatable bonds is 5. The number of carbonyl (C=O) groups excluding carboxylic acids is 2. The molecule has 1 saturated carbocycles. The molecule has 3 aromatic rings. The monoisotopic (exact) mass is 456 g/mol. The molecular weight excluding hydrogens is 428 g/mol. The zero-order chi connectivity index (χ0) is 22.8. The third-order valence-corrected chi connectivity index (χ3v) is 7.28. The Morgan fingerprint density at radius 1 is 0.909 bits per heavy atom. The summed E-state index contributed by atoms with van der Waals surface area (Å²) in [5, 5.41) is 3.31. The molecule has 0 spiro atoms. The van der Waals surface area contributed by atoms with Crippen LogP contribution in [0, 0.1) is 5.92 Å². The molecule has 0 saturated heterocycles. The van der Waals surface area contributed by atoms with Crippen molar-refractivity contribution in [2.45, 2.75) is 42.7 Å². The third-order valence-electron chi connectivity index (χ3n) is 6.98. The Morgan fingerprint density at radius 2 is 1.58 bits per heavy atom. The molecule has 168 valence electrons. The molecule has 3 aromatic carbocycles. The van der Waals surface area contributed by atoms with Gasteiger partial charge < -0.3 is 10.2 Å². The van der Waals surface area contributed by atoms with Gasteiger partial charge in [-0.15, -0.1) is 12.6 Å². The van der Waals surface area contributed by atoms with Crippen molar-refractivity contribution in [3.8, 4) is 0 Å².